The normalized spacial score (nSPS) is 11.9. The number of carboxylic acid groups (broad SMARTS) is 1. The number of anilines is 1. The Morgan fingerprint density at radius 2 is 2.35 bits per heavy atom. The number of aliphatic carboxylic acids is 1. The van der Waals surface area contributed by atoms with Crippen LogP contribution < -0.4 is 5.32 Å². The van der Waals surface area contributed by atoms with Gasteiger partial charge < -0.3 is 10.4 Å². The molecule has 0 aromatic carbocycles. The second kappa shape index (κ2) is 5.34. The SMILES string of the molecule is Cc1nn(C)c(NCC(C)CC(=O)O)c1C#N. The Kier molecular flexibility index (Phi) is 4.10. The maximum atomic E-state index is 10.5. The highest BCUT2D eigenvalue weighted by atomic mass is 16.4. The Hall–Kier alpha value is -2.03. The summed E-state index contributed by atoms with van der Waals surface area (Å²) in [6, 6.07) is 2.09. The lowest BCUT2D eigenvalue weighted by atomic mass is 10.1. The molecule has 6 heteroatoms. The molecule has 1 aromatic heterocycles. The van der Waals surface area contributed by atoms with Gasteiger partial charge in [0.15, 0.2) is 0 Å². The lowest BCUT2D eigenvalue weighted by Gasteiger charge is -2.11. The monoisotopic (exact) mass is 236 g/mol. The zero-order chi connectivity index (χ0) is 13.0. The highest BCUT2D eigenvalue weighted by molar-refractivity contribution is 5.67. The van der Waals surface area contributed by atoms with Gasteiger partial charge in [-0.1, -0.05) is 6.92 Å². The molecule has 0 fully saturated rings. The van der Waals surface area contributed by atoms with Crippen molar-refractivity contribution in [3.05, 3.63) is 11.3 Å². The van der Waals surface area contributed by atoms with Gasteiger partial charge in [0.25, 0.3) is 0 Å². The number of rotatable bonds is 5. The van der Waals surface area contributed by atoms with Crippen LogP contribution in [0.3, 0.4) is 0 Å². The Labute approximate surface area is 99.9 Å². The van der Waals surface area contributed by atoms with Crippen LogP contribution in [-0.4, -0.2) is 27.4 Å². The summed E-state index contributed by atoms with van der Waals surface area (Å²) in [5, 5.41) is 24.8. The molecule has 1 aromatic rings. The van der Waals surface area contributed by atoms with Crippen molar-refractivity contribution in [3.8, 4) is 6.07 Å². The number of nitriles is 1. The fourth-order valence-corrected chi connectivity index (χ4v) is 1.64. The van der Waals surface area contributed by atoms with Crippen molar-refractivity contribution in [2.45, 2.75) is 20.3 Å². The van der Waals surface area contributed by atoms with Crippen molar-refractivity contribution in [2.75, 3.05) is 11.9 Å². The second-order valence-electron chi connectivity index (χ2n) is 4.13. The Morgan fingerprint density at radius 3 is 2.88 bits per heavy atom. The van der Waals surface area contributed by atoms with E-state index >= 15 is 0 Å². The number of carbonyl (C=O) groups is 1. The number of carboxylic acids is 1. The van der Waals surface area contributed by atoms with Crippen LogP contribution in [0.15, 0.2) is 0 Å². The first kappa shape index (κ1) is 13.0. The first-order valence-electron chi connectivity index (χ1n) is 5.35. The van der Waals surface area contributed by atoms with Gasteiger partial charge in [0.2, 0.25) is 0 Å². The largest absolute Gasteiger partial charge is 0.481 e. The molecule has 17 heavy (non-hydrogen) atoms. The average Bonchev–Trinajstić information content (AvgIpc) is 2.48. The molecule has 1 rings (SSSR count). The number of aryl methyl sites for hydroxylation is 2. The zero-order valence-electron chi connectivity index (χ0n) is 10.2. The molecule has 1 heterocycles. The molecule has 2 N–H and O–H groups in total. The van der Waals surface area contributed by atoms with Crippen LogP contribution in [0.25, 0.3) is 0 Å². The van der Waals surface area contributed by atoms with E-state index < -0.39 is 5.97 Å². The number of nitrogens with one attached hydrogen (secondary N) is 1. The second-order valence-corrected chi connectivity index (χ2v) is 4.13. The third-order valence-electron chi connectivity index (χ3n) is 2.48. The van der Waals surface area contributed by atoms with E-state index in [0.717, 1.165) is 0 Å². The molecule has 0 amide bonds. The molecule has 0 saturated carbocycles. The summed E-state index contributed by atoms with van der Waals surface area (Å²) in [5.41, 5.74) is 1.18. The lowest BCUT2D eigenvalue weighted by Crippen LogP contribution is -2.17. The van der Waals surface area contributed by atoms with Crippen LogP contribution in [0.4, 0.5) is 5.82 Å². The van der Waals surface area contributed by atoms with Crippen molar-refractivity contribution < 1.29 is 9.90 Å². The molecule has 1 unspecified atom stereocenters. The summed E-state index contributed by atoms with van der Waals surface area (Å²) >= 11 is 0. The summed E-state index contributed by atoms with van der Waals surface area (Å²) in [6.07, 6.45) is 0.103. The smallest absolute Gasteiger partial charge is 0.303 e. The van der Waals surface area contributed by atoms with E-state index in [9.17, 15) is 4.79 Å². The predicted octanol–water partition coefficient (Wildman–Crippen LogP) is 1.12. The quantitative estimate of drug-likeness (QED) is 0.799. The summed E-state index contributed by atoms with van der Waals surface area (Å²) in [7, 11) is 1.75. The number of aromatic nitrogens is 2. The first-order valence-corrected chi connectivity index (χ1v) is 5.35. The molecule has 0 saturated heterocycles. The van der Waals surface area contributed by atoms with Crippen LogP contribution in [-0.2, 0) is 11.8 Å². The minimum absolute atomic E-state index is 0.00533. The third kappa shape index (κ3) is 3.21. The van der Waals surface area contributed by atoms with E-state index in [1.54, 1.807) is 18.7 Å². The first-order chi connectivity index (χ1) is 7.95. The van der Waals surface area contributed by atoms with Crippen LogP contribution in [0.2, 0.25) is 0 Å². The van der Waals surface area contributed by atoms with E-state index in [0.29, 0.717) is 23.6 Å². The minimum atomic E-state index is -0.819. The number of hydrogen-bond donors (Lipinski definition) is 2. The standard InChI is InChI=1S/C11H16N4O2/c1-7(4-10(16)17)6-13-11-9(5-12)8(2)14-15(11)3/h7,13H,4,6H2,1-3H3,(H,16,17). The van der Waals surface area contributed by atoms with Gasteiger partial charge in [-0.05, 0) is 12.8 Å². The third-order valence-corrected chi connectivity index (χ3v) is 2.48. The summed E-state index contributed by atoms with van der Waals surface area (Å²) in [4.78, 5) is 10.5. The Bertz CT molecular complexity index is 459. The van der Waals surface area contributed by atoms with Crippen molar-refractivity contribution in [2.24, 2.45) is 13.0 Å². The van der Waals surface area contributed by atoms with Gasteiger partial charge in [-0.3, -0.25) is 9.48 Å². The van der Waals surface area contributed by atoms with Crippen molar-refractivity contribution in [1.29, 1.82) is 5.26 Å². The van der Waals surface area contributed by atoms with Crippen molar-refractivity contribution in [1.82, 2.24) is 9.78 Å². The molecule has 6 nitrogen and oxygen atoms in total. The molecule has 0 aliphatic heterocycles. The molecule has 1 atom stereocenters. The molecule has 0 radical (unpaired) electrons. The fraction of sp³-hybridized carbons (Fsp3) is 0.545. The number of nitrogens with zero attached hydrogens (tertiary/aromatic N) is 3. The molecule has 0 aliphatic carbocycles. The fourth-order valence-electron chi connectivity index (χ4n) is 1.64. The number of hydrogen-bond acceptors (Lipinski definition) is 4. The van der Waals surface area contributed by atoms with Crippen LogP contribution >= 0.6 is 0 Å². The van der Waals surface area contributed by atoms with Gasteiger partial charge in [-0.15, -0.1) is 0 Å². The van der Waals surface area contributed by atoms with Gasteiger partial charge in [0.05, 0.1) is 5.69 Å². The Morgan fingerprint density at radius 1 is 1.71 bits per heavy atom. The lowest BCUT2D eigenvalue weighted by molar-refractivity contribution is -0.137. The molecule has 0 spiro atoms. The van der Waals surface area contributed by atoms with Crippen LogP contribution in [0.1, 0.15) is 24.6 Å². The molecule has 92 valence electrons. The summed E-state index contributed by atoms with van der Waals surface area (Å²) in [6.45, 7) is 4.11. The molecular formula is C11H16N4O2. The maximum absolute atomic E-state index is 10.5. The van der Waals surface area contributed by atoms with E-state index in [1.807, 2.05) is 6.92 Å². The molecule has 0 bridgehead atoms. The average molecular weight is 236 g/mol. The van der Waals surface area contributed by atoms with Gasteiger partial charge in [0, 0.05) is 20.0 Å². The summed E-state index contributed by atoms with van der Waals surface area (Å²) in [5.74, 6) is -0.183. The molecular weight excluding hydrogens is 220 g/mol. The van der Waals surface area contributed by atoms with Crippen molar-refractivity contribution in [3.63, 3.8) is 0 Å². The van der Waals surface area contributed by atoms with Gasteiger partial charge in [0.1, 0.15) is 17.5 Å². The van der Waals surface area contributed by atoms with E-state index in [2.05, 4.69) is 16.5 Å². The van der Waals surface area contributed by atoms with Crippen LogP contribution in [0.5, 0.6) is 0 Å². The highest BCUT2D eigenvalue weighted by Crippen LogP contribution is 2.17. The van der Waals surface area contributed by atoms with E-state index in [4.69, 9.17) is 10.4 Å². The van der Waals surface area contributed by atoms with Gasteiger partial charge in [-0.25, -0.2) is 0 Å². The summed E-state index contributed by atoms with van der Waals surface area (Å²) < 4.78 is 1.60. The molecule has 0 aliphatic rings. The zero-order valence-corrected chi connectivity index (χ0v) is 10.2. The topological polar surface area (TPSA) is 90.9 Å². The van der Waals surface area contributed by atoms with Gasteiger partial charge in [-0.2, -0.15) is 10.4 Å². The maximum Gasteiger partial charge on any atom is 0.303 e. The van der Waals surface area contributed by atoms with Crippen LogP contribution in [0, 0.1) is 24.2 Å². The predicted molar refractivity (Wildman–Crippen MR) is 62.6 cm³/mol. The highest BCUT2D eigenvalue weighted by Gasteiger charge is 2.14. The van der Waals surface area contributed by atoms with Gasteiger partial charge >= 0.3 is 5.97 Å². The van der Waals surface area contributed by atoms with E-state index in [-0.39, 0.29) is 12.3 Å². The minimum Gasteiger partial charge on any atom is -0.481 e. The Balaban J connectivity index is 2.70. The van der Waals surface area contributed by atoms with E-state index in [1.165, 1.54) is 0 Å². The van der Waals surface area contributed by atoms with Crippen molar-refractivity contribution >= 4 is 11.8 Å².